The number of rotatable bonds is 36. The minimum atomic E-state index is -0.682. The molecule has 0 amide bonds. The Morgan fingerprint density at radius 1 is 0.361 bits per heavy atom. The molecule has 0 fully saturated rings. The van der Waals surface area contributed by atoms with E-state index in [0.717, 1.165) is 24.3 Å². The van der Waals surface area contributed by atoms with Gasteiger partial charge in [-0.1, -0.05) is 178 Å². The molecule has 386 valence electrons. The van der Waals surface area contributed by atoms with Gasteiger partial charge in [0.2, 0.25) is 0 Å². The molecule has 0 unspecified atom stereocenters. The van der Waals surface area contributed by atoms with Crippen molar-refractivity contribution in [2.75, 3.05) is 13.2 Å². The topological polar surface area (TPSA) is 121 Å². The molecule has 0 heterocycles. The Balaban J connectivity index is 0.980. The van der Waals surface area contributed by atoms with E-state index in [1.54, 1.807) is 48.5 Å². The van der Waals surface area contributed by atoms with E-state index in [1.165, 1.54) is 153 Å². The maximum absolute atomic E-state index is 13.1. The first kappa shape index (κ1) is 57.3. The van der Waals surface area contributed by atoms with Gasteiger partial charge in [0.25, 0.3) is 0 Å². The van der Waals surface area contributed by atoms with Gasteiger partial charge in [-0.25, -0.2) is 9.59 Å². The minimum Gasteiger partial charge on any atom is -0.494 e. The fraction of sp³-hybridized carbons (Fsp3) is 0.467. The highest BCUT2D eigenvalue weighted by Gasteiger charge is 2.18. The van der Waals surface area contributed by atoms with Crippen molar-refractivity contribution in [3.8, 4) is 23.0 Å². The van der Waals surface area contributed by atoms with E-state index in [4.69, 9.17) is 42.1 Å². The second-order valence-corrected chi connectivity index (χ2v) is 19.3. The van der Waals surface area contributed by atoms with Gasteiger partial charge in [0.1, 0.15) is 11.5 Å². The quantitative estimate of drug-likeness (QED) is 0.0171. The van der Waals surface area contributed by atoms with Crippen LogP contribution in [0.25, 0.3) is 0 Å². The molecule has 12 heteroatoms. The number of nitrogens with zero attached hydrogens (tertiary/aromatic N) is 4. The third-order valence-electron chi connectivity index (χ3n) is 12.4. The van der Waals surface area contributed by atoms with Gasteiger partial charge in [0.05, 0.1) is 57.1 Å². The van der Waals surface area contributed by atoms with E-state index in [2.05, 4.69) is 34.3 Å². The van der Waals surface area contributed by atoms with Crippen LogP contribution < -0.4 is 18.9 Å². The van der Waals surface area contributed by atoms with Gasteiger partial charge in [-0.05, 0) is 116 Å². The fourth-order valence-electron chi connectivity index (χ4n) is 8.03. The average Bonchev–Trinajstić information content (AvgIpc) is 3.40. The molecule has 0 N–H and O–H groups in total. The second kappa shape index (κ2) is 34.7. The number of unbranched alkanes of at least 4 members (excludes halogenated alkanes) is 22. The molecular formula is C60H76Cl2N4O6. The van der Waals surface area contributed by atoms with Crippen molar-refractivity contribution in [1.82, 2.24) is 0 Å². The predicted octanol–water partition coefficient (Wildman–Crippen LogP) is 20.4. The molecule has 5 aromatic rings. The molecule has 10 nitrogen and oxygen atoms in total. The van der Waals surface area contributed by atoms with Gasteiger partial charge >= 0.3 is 11.9 Å². The van der Waals surface area contributed by atoms with Gasteiger partial charge in [-0.2, -0.15) is 20.5 Å². The molecule has 0 aliphatic heterocycles. The molecule has 0 spiro atoms. The first-order valence-corrected chi connectivity index (χ1v) is 27.5. The van der Waals surface area contributed by atoms with Crippen molar-refractivity contribution in [2.45, 2.75) is 168 Å². The summed E-state index contributed by atoms with van der Waals surface area (Å²) in [5.41, 5.74) is 2.93. The maximum atomic E-state index is 13.1. The molecule has 0 saturated heterocycles. The first-order chi connectivity index (χ1) is 35.3. The Bertz CT molecular complexity index is 2190. The van der Waals surface area contributed by atoms with Gasteiger partial charge in [-0.3, -0.25) is 0 Å². The molecule has 0 aliphatic rings. The van der Waals surface area contributed by atoms with Crippen molar-refractivity contribution in [2.24, 2.45) is 20.5 Å². The Morgan fingerprint density at radius 2 is 0.625 bits per heavy atom. The average molecular weight is 1020 g/mol. The standard InChI is InChI=1S/C60H76Cl2N4O6/c1-3-5-7-9-11-13-15-17-19-21-23-25-43-69-53-39-35-51(36-40-53)65-63-49-31-27-47(28-32-49)59(67)71-57-46-58(56(62)45-55(57)61)72-60(68)48-29-33-50(34-30-48)64-66-52-37-41-54(42-38-52)70-44-26-24-22-20-18-16-14-12-10-8-6-4-2/h27-42,45-46H,3-26,43-44H2,1-2H3. The summed E-state index contributed by atoms with van der Waals surface area (Å²) in [5, 5.41) is 17.4. The largest absolute Gasteiger partial charge is 0.494 e. The predicted molar refractivity (Wildman–Crippen MR) is 294 cm³/mol. The lowest BCUT2D eigenvalue weighted by atomic mass is 10.1. The highest BCUT2D eigenvalue weighted by Crippen LogP contribution is 2.37. The summed E-state index contributed by atoms with van der Waals surface area (Å²) in [6.45, 7) is 5.93. The highest BCUT2D eigenvalue weighted by molar-refractivity contribution is 6.36. The molecule has 0 aromatic heterocycles. The zero-order chi connectivity index (χ0) is 50.9. The lowest BCUT2D eigenvalue weighted by Gasteiger charge is -2.11. The van der Waals surface area contributed by atoms with Crippen molar-refractivity contribution in [1.29, 1.82) is 0 Å². The van der Waals surface area contributed by atoms with E-state index in [0.29, 0.717) is 36.0 Å². The van der Waals surface area contributed by atoms with Gasteiger partial charge in [0, 0.05) is 6.07 Å². The van der Waals surface area contributed by atoms with Crippen LogP contribution in [-0.2, 0) is 0 Å². The summed E-state index contributed by atoms with van der Waals surface area (Å²) < 4.78 is 23.1. The van der Waals surface area contributed by atoms with Crippen molar-refractivity contribution >= 4 is 57.9 Å². The van der Waals surface area contributed by atoms with E-state index in [-0.39, 0.29) is 32.7 Å². The van der Waals surface area contributed by atoms with Crippen molar-refractivity contribution in [3.05, 3.63) is 130 Å². The lowest BCUT2D eigenvalue weighted by molar-refractivity contribution is 0.0733. The zero-order valence-electron chi connectivity index (χ0n) is 42.8. The molecule has 0 saturated carbocycles. The zero-order valence-corrected chi connectivity index (χ0v) is 44.3. The van der Waals surface area contributed by atoms with Gasteiger partial charge in [0.15, 0.2) is 11.5 Å². The van der Waals surface area contributed by atoms with Crippen LogP contribution in [0.2, 0.25) is 10.0 Å². The lowest BCUT2D eigenvalue weighted by Crippen LogP contribution is -2.11. The number of hydrogen-bond acceptors (Lipinski definition) is 10. The highest BCUT2D eigenvalue weighted by atomic mass is 35.5. The molecule has 0 aliphatic carbocycles. The van der Waals surface area contributed by atoms with Gasteiger partial charge < -0.3 is 18.9 Å². The molecular weight excluding hydrogens is 944 g/mol. The fourth-order valence-corrected chi connectivity index (χ4v) is 8.49. The molecule has 5 aromatic carbocycles. The van der Waals surface area contributed by atoms with Crippen LogP contribution in [0.15, 0.2) is 130 Å². The summed E-state index contributed by atoms with van der Waals surface area (Å²) in [7, 11) is 0. The molecule has 0 bridgehead atoms. The Labute approximate surface area is 439 Å². The molecule has 72 heavy (non-hydrogen) atoms. The number of esters is 2. The molecule has 0 radical (unpaired) electrons. The maximum Gasteiger partial charge on any atom is 0.343 e. The summed E-state index contributed by atoms with van der Waals surface area (Å²) >= 11 is 12.8. The third-order valence-corrected chi connectivity index (χ3v) is 13.0. The summed E-state index contributed by atoms with van der Waals surface area (Å²) in [5.74, 6) is 0.179. The number of benzene rings is 5. The van der Waals surface area contributed by atoms with E-state index in [1.807, 2.05) is 48.5 Å². The van der Waals surface area contributed by atoms with Gasteiger partial charge in [-0.15, -0.1) is 0 Å². The summed E-state index contributed by atoms with van der Waals surface area (Å²) in [6.07, 6.45) is 31.5. The monoisotopic (exact) mass is 1020 g/mol. The Morgan fingerprint density at radius 3 is 0.917 bits per heavy atom. The minimum absolute atomic E-state index is 0.0333. The van der Waals surface area contributed by atoms with E-state index in [9.17, 15) is 9.59 Å². The number of carbonyl (C=O) groups excluding carboxylic acids is 2. The SMILES string of the molecule is CCCCCCCCCCCCCCOc1ccc(N=Nc2ccc(C(=O)Oc3cc(OC(=O)c4ccc(N=Nc5ccc(OCCCCCCCCCCCCCC)cc5)cc4)c(Cl)cc3Cl)cc2)cc1. The van der Waals surface area contributed by atoms with Crippen LogP contribution in [0.5, 0.6) is 23.0 Å². The van der Waals surface area contributed by atoms with Crippen LogP contribution >= 0.6 is 23.2 Å². The Kier molecular flexibility index (Phi) is 27.6. The molecule has 0 atom stereocenters. The first-order valence-electron chi connectivity index (χ1n) is 26.7. The number of carbonyl (C=O) groups is 2. The molecule has 5 rings (SSSR count). The van der Waals surface area contributed by atoms with Crippen LogP contribution in [0, 0.1) is 0 Å². The van der Waals surface area contributed by atoms with Crippen molar-refractivity contribution < 1.29 is 28.5 Å². The van der Waals surface area contributed by atoms with E-state index < -0.39 is 11.9 Å². The number of azo groups is 2. The summed E-state index contributed by atoms with van der Waals surface area (Å²) in [4.78, 5) is 26.3. The number of hydrogen-bond donors (Lipinski definition) is 0. The second-order valence-electron chi connectivity index (χ2n) is 18.4. The Hall–Kier alpha value is -5.58. The smallest absolute Gasteiger partial charge is 0.343 e. The third kappa shape index (κ3) is 22.9. The normalized spacial score (nSPS) is 11.4. The van der Waals surface area contributed by atoms with Crippen molar-refractivity contribution in [3.63, 3.8) is 0 Å². The van der Waals surface area contributed by atoms with Crippen LogP contribution in [0.4, 0.5) is 22.7 Å². The number of halogens is 2. The number of ether oxygens (including phenoxy) is 4. The summed E-state index contributed by atoms with van der Waals surface area (Å²) in [6, 6.07) is 30.6. The van der Waals surface area contributed by atoms with Crippen LogP contribution in [-0.4, -0.2) is 25.2 Å². The van der Waals surface area contributed by atoms with Crippen LogP contribution in [0.3, 0.4) is 0 Å². The van der Waals surface area contributed by atoms with E-state index >= 15 is 0 Å². The van der Waals surface area contributed by atoms with Crippen LogP contribution in [0.1, 0.15) is 189 Å².